The summed E-state index contributed by atoms with van der Waals surface area (Å²) in [6.45, 7) is 8.31. The first-order valence-corrected chi connectivity index (χ1v) is 2.76. The first-order valence-electron chi connectivity index (χ1n) is 2.24. The van der Waals surface area contributed by atoms with Crippen LogP contribution >= 0.6 is 12.6 Å². The fourth-order valence-corrected chi connectivity index (χ4v) is 0. The van der Waals surface area contributed by atoms with Crippen LogP contribution in [0.5, 0.6) is 0 Å². The van der Waals surface area contributed by atoms with Crippen molar-refractivity contribution in [1.82, 2.24) is 0 Å². The number of rotatable bonds is 1. The summed E-state index contributed by atoms with van der Waals surface area (Å²) in [7, 11) is 0. The monoisotopic (exact) mass is 132 g/mol. The molecule has 1 N–H and O–H groups in total. The number of aliphatic hydroxyl groups is 1. The Hall–Kier alpha value is -0.210. The molecule has 0 aromatic rings. The van der Waals surface area contributed by atoms with Crippen LogP contribution in [0.1, 0.15) is 6.92 Å². The highest BCUT2D eigenvalue weighted by Crippen LogP contribution is 1.78. The molecule has 0 aromatic carbocycles. The Labute approximate surface area is 56.1 Å². The molecule has 0 aliphatic rings. The summed E-state index contributed by atoms with van der Waals surface area (Å²) in [6, 6.07) is 0. The lowest BCUT2D eigenvalue weighted by Crippen LogP contribution is -1.79. The van der Waals surface area contributed by atoms with Gasteiger partial charge >= 0.3 is 0 Å². The minimum atomic E-state index is -0.472. The van der Waals surface area contributed by atoms with Crippen molar-refractivity contribution in [3.63, 3.8) is 0 Å². The molecule has 0 spiro atoms. The summed E-state index contributed by atoms with van der Waals surface area (Å²) in [5, 5.41) is 7.92. The zero-order valence-electron chi connectivity index (χ0n) is 5.04. The predicted octanol–water partition coefficient (Wildman–Crippen LogP) is 1.61. The lowest BCUT2D eigenvalue weighted by Gasteiger charge is -1.79. The molecule has 0 aliphatic heterocycles. The van der Waals surface area contributed by atoms with E-state index in [1.54, 1.807) is 19.1 Å². The summed E-state index contributed by atoms with van der Waals surface area (Å²) < 4.78 is 0. The van der Waals surface area contributed by atoms with Crippen molar-refractivity contribution in [3.05, 3.63) is 25.3 Å². The second kappa shape index (κ2) is 9.92. The summed E-state index contributed by atoms with van der Waals surface area (Å²) in [5.41, 5.74) is -0.472. The van der Waals surface area contributed by atoms with Gasteiger partial charge in [-0.2, -0.15) is 0 Å². The standard InChI is InChI=1S/C4H6.C2H6OS/c1-3-4-2;1-2(3)4/h3-4H,1-2H2;2-4H,1H3. The van der Waals surface area contributed by atoms with E-state index in [-0.39, 0.29) is 0 Å². The lowest BCUT2D eigenvalue weighted by atomic mass is 10.6. The first-order chi connectivity index (χ1) is 3.65. The van der Waals surface area contributed by atoms with E-state index in [0.29, 0.717) is 0 Å². The zero-order chi connectivity index (χ0) is 6.99. The molecule has 0 heterocycles. The van der Waals surface area contributed by atoms with Gasteiger partial charge < -0.3 is 5.11 Å². The van der Waals surface area contributed by atoms with E-state index in [4.69, 9.17) is 5.11 Å². The van der Waals surface area contributed by atoms with Gasteiger partial charge in [-0.05, 0) is 6.92 Å². The molecule has 1 nitrogen and oxygen atoms in total. The fourth-order valence-electron chi connectivity index (χ4n) is 0. The van der Waals surface area contributed by atoms with Crippen molar-refractivity contribution in [2.45, 2.75) is 12.4 Å². The van der Waals surface area contributed by atoms with Crippen LogP contribution in [0.4, 0.5) is 0 Å². The molecule has 0 bridgehead atoms. The highest BCUT2D eigenvalue weighted by molar-refractivity contribution is 7.80. The van der Waals surface area contributed by atoms with Gasteiger partial charge in [0.15, 0.2) is 0 Å². The average molecular weight is 132 g/mol. The number of allylic oxidation sites excluding steroid dienone is 2. The number of aliphatic hydroxyl groups excluding tert-OH is 1. The van der Waals surface area contributed by atoms with E-state index in [1.165, 1.54) is 0 Å². The molecule has 48 valence electrons. The fraction of sp³-hybridized carbons (Fsp3) is 0.333. The molecule has 1 atom stereocenters. The molecule has 0 radical (unpaired) electrons. The van der Waals surface area contributed by atoms with Gasteiger partial charge in [-0.25, -0.2) is 0 Å². The van der Waals surface area contributed by atoms with E-state index in [2.05, 4.69) is 25.8 Å². The number of hydrogen-bond donors (Lipinski definition) is 2. The van der Waals surface area contributed by atoms with Crippen molar-refractivity contribution in [1.29, 1.82) is 0 Å². The van der Waals surface area contributed by atoms with E-state index in [9.17, 15) is 0 Å². The maximum absolute atomic E-state index is 7.92. The summed E-state index contributed by atoms with van der Waals surface area (Å²) in [4.78, 5) is 0. The molecular formula is C6H12OS. The molecule has 0 amide bonds. The van der Waals surface area contributed by atoms with Gasteiger partial charge in [0.05, 0.1) is 5.44 Å². The van der Waals surface area contributed by atoms with Gasteiger partial charge in [-0.1, -0.05) is 25.3 Å². The lowest BCUT2D eigenvalue weighted by molar-refractivity contribution is 0.286. The van der Waals surface area contributed by atoms with Crippen LogP contribution in [0.25, 0.3) is 0 Å². The van der Waals surface area contributed by atoms with E-state index >= 15 is 0 Å². The molecule has 0 fully saturated rings. The molecule has 0 saturated heterocycles. The third kappa shape index (κ3) is 213. The first kappa shape index (κ1) is 10.7. The minimum Gasteiger partial charge on any atom is -0.383 e. The highest BCUT2D eigenvalue weighted by atomic mass is 32.1. The quantitative estimate of drug-likeness (QED) is 0.315. The smallest absolute Gasteiger partial charge is 0.0936 e. The van der Waals surface area contributed by atoms with Crippen LogP contribution < -0.4 is 0 Å². The Morgan fingerprint density at radius 2 is 1.62 bits per heavy atom. The third-order valence-corrected chi connectivity index (χ3v) is 0.167. The molecule has 2 heteroatoms. The summed E-state index contributed by atoms with van der Waals surface area (Å²) in [6.07, 6.45) is 3.28. The second-order valence-electron chi connectivity index (χ2n) is 1.10. The Balaban J connectivity index is 0. The van der Waals surface area contributed by atoms with Gasteiger partial charge in [0.1, 0.15) is 0 Å². The topological polar surface area (TPSA) is 20.2 Å². The molecule has 0 aliphatic carbocycles. The summed E-state index contributed by atoms with van der Waals surface area (Å²) >= 11 is 3.52. The number of thiol groups is 1. The molecule has 0 aromatic heterocycles. The van der Waals surface area contributed by atoms with Crippen LogP contribution in [0.2, 0.25) is 0 Å². The van der Waals surface area contributed by atoms with Crippen molar-refractivity contribution < 1.29 is 5.11 Å². The Kier molecular flexibility index (Phi) is 13.3. The maximum atomic E-state index is 7.92. The van der Waals surface area contributed by atoms with Crippen LogP contribution in [0, 0.1) is 0 Å². The van der Waals surface area contributed by atoms with Crippen LogP contribution in [0.3, 0.4) is 0 Å². The predicted molar refractivity (Wildman–Crippen MR) is 41.1 cm³/mol. The Bertz CT molecular complexity index is 50.8. The molecule has 1 unspecified atom stereocenters. The third-order valence-electron chi connectivity index (χ3n) is 0.167. The SMILES string of the molecule is C=CC=C.CC(O)S. The van der Waals surface area contributed by atoms with Crippen molar-refractivity contribution in [2.75, 3.05) is 0 Å². The van der Waals surface area contributed by atoms with E-state index in [0.717, 1.165) is 0 Å². The van der Waals surface area contributed by atoms with Gasteiger partial charge in [0.2, 0.25) is 0 Å². The minimum absolute atomic E-state index is 0.472. The van der Waals surface area contributed by atoms with E-state index < -0.39 is 5.44 Å². The maximum Gasteiger partial charge on any atom is 0.0936 e. The van der Waals surface area contributed by atoms with Gasteiger partial charge in [0.25, 0.3) is 0 Å². The molecule has 0 rings (SSSR count). The van der Waals surface area contributed by atoms with Crippen molar-refractivity contribution in [2.24, 2.45) is 0 Å². The zero-order valence-corrected chi connectivity index (χ0v) is 5.94. The van der Waals surface area contributed by atoms with Gasteiger partial charge in [-0.3, -0.25) is 0 Å². The van der Waals surface area contributed by atoms with E-state index in [1.807, 2.05) is 0 Å². The molecule has 8 heavy (non-hydrogen) atoms. The van der Waals surface area contributed by atoms with Crippen molar-refractivity contribution >= 4 is 12.6 Å². The average Bonchev–Trinajstić information content (AvgIpc) is 1.65. The Morgan fingerprint density at radius 1 is 1.50 bits per heavy atom. The van der Waals surface area contributed by atoms with Crippen LogP contribution in [-0.4, -0.2) is 10.5 Å². The highest BCUT2D eigenvalue weighted by Gasteiger charge is 1.70. The van der Waals surface area contributed by atoms with Gasteiger partial charge in [-0.15, -0.1) is 12.6 Å². The Morgan fingerprint density at radius 3 is 1.62 bits per heavy atom. The largest absolute Gasteiger partial charge is 0.383 e. The number of hydrogen-bond acceptors (Lipinski definition) is 2. The van der Waals surface area contributed by atoms with Crippen LogP contribution in [0.15, 0.2) is 25.3 Å². The van der Waals surface area contributed by atoms with Crippen LogP contribution in [-0.2, 0) is 0 Å². The van der Waals surface area contributed by atoms with Gasteiger partial charge in [0, 0.05) is 0 Å². The van der Waals surface area contributed by atoms with Crippen molar-refractivity contribution in [3.8, 4) is 0 Å². The normalized spacial score (nSPS) is 10.4. The summed E-state index contributed by atoms with van der Waals surface area (Å²) in [5.74, 6) is 0. The molecule has 0 saturated carbocycles. The second-order valence-corrected chi connectivity index (χ2v) is 1.85. The molecular weight excluding hydrogens is 120 g/mol.